The number of nitrogens with zero attached hydrogens (tertiary/aromatic N) is 1. The van der Waals surface area contributed by atoms with Crippen molar-refractivity contribution in [3.8, 4) is 0 Å². The molecule has 0 spiro atoms. The van der Waals surface area contributed by atoms with Crippen LogP contribution >= 0.6 is 0 Å². The molecule has 0 bridgehead atoms. The third kappa shape index (κ3) is 1.97. The van der Waals surface area contributed by atoms with Gasteiger partial charge in [-0.25, -0.2) is 4.98 Å². The smallest absolute Gasteiger partial charge is 0.251 e. The zero-order chi connectivity index (χ0) is 9.26. The van der Waals surface area contributed by atoms with Crippen molar-refractivity contribution in [2.45, 2.75) is 32.6 Å². The lowest BCUT2D eigenvalue weighted by Gasteiger charge is -2.24. The van der Waals surface area contributed by atoms with Gasteiger partial charge in [0, 0.05) is 18.2 Å². The van der Waals surface area contributed by atoms with Crippen LogP contribution in [0.1, 0.15) is 30.8 Å². The summed E-state index contributed by atoms with van der Waals surface area (Å²) in [4.78, 5) is 18.2. The summed E-state index contributed by atoms with van der Waals surface area (Å²) in [7, 11) is 0. The highest BCUT2D eigenvalue weighted by atomic mass is 16.1. The quantitative estimate of drug-likeness (QED) is 0.744. The van der Waals surface area contributed by atoms with Gasteiger partial charge in [0.05, 0.1) is 0 Å². The molecule has 2 rings (SSSR count). The van der Waals surface area contributed by atoms with E-state index < -0.39 is 0 Å². The number of hydrogen-bond acceptors (Lipinski definition) is 2. The average Bonchev–Trinajstić information content (AvgIpc) is 1.95. The minimum atomic E-state index is -0.0261. The zero-order valence-corrected chi connectivity index (χ0v) is 7.84. The van der Waals surface area contributed by atoms with Crippen LogP contribution < -0.4 is 5.56 Å². The molecule has 0 amide bonds. The van der Waals surface area contributed by atoms with E-state index in [9.17, 15) is 4.79 Å². The van der Waals surface area contributed by atoms with Crippen molar-refractivity contribution in [1.82, 2.24) is 9.97 Å². The molecule has 1 heterocycles. The second kappa shape index (κ2) is 3.32. The molecule has 0 radical (unpaired) electrons. The molecule has 13 heavy (non-hydrogen) atoms. The number of rotatable bonds is 2. The molecule has 70 valence electrons. The Morgan fingerprint density at radius 2 is 2.38 bits per heavy atom. The van der Waals surface area contributed by atoms with Crippen LogP contribution in [-0.4, -0.2) is 9.97 Å². The highest BCUT2D eigenvalue weighted by Gasteiger charge is 2.18. The topological polar surface area (TPSA) is 45.8 Å². The van der Waals surface area contributed by atoms with E-state index in [1.165, 1.54) is 25.3 Å². The van der Waals surface area contributed by atoms with Crippen LogP contribution in [0.4, 0.5) is 0 Å². The van der Waals surface area contributed by atoms with Crippen molar-refractivity contribution >= 4 is 0 Å². The molecule has 0 aliphatic heterocycles. The highest BCUT2D eigenvalue weighted by molar-refractivity contribution is 5.01. The predicted molar refractivity (Wildman–Crippen MR) is 50.6 cm³/mol. The van der Waals surface area contributed by atoms with Crippen molar-refractivity contribution in [2.24, 2.45) is 5.92 Å². The Balaban J connectivity index is 2.14. The fraction of sp³-hybridized carbons (Fsp3) is 0.600. The lowest BCUT2D eigenvalue weighted by molar-refractivity contribution is 0.309. The highest BCUT2D eigenvalue weighted by Crippen LogP contribution is 2.28. The lowest BCUT2D eigenvalue weighted by Crippen LogP contribution is -2.19. The van der Waals surface area contributed by atoms with E-state index in [-0.39, 0.29) is 5.56 Å². The summed E-state index contributed by atoms with van der Waals surface area (Å²) in [5.74, 6) is 1.61. The van der Waals surface area contributed by atoms with Gasteiger partial charge in [0.1, 0.15) is 5.82 Å². The summed E-state index contributed by atoms with van der Waals surface area (Å²) >= 11 is 0. The first kappa shape index (κ1) is 8.48. The van der Waals surface area contributed by atoms with Crippen LogP contribution in [0.25, 0.3) is 0 Å². The van der Waals surface area contributed by atoms with Gasteiger partial charge in [0.2, 0.25) is 0 Å². The van der Waals surface area contributed by atoms with Crippen LogP contribution in [0.5, 0.6) is 0 Å². The number of aromatic amines is 1. The molecule has 1 aliphatic carbocycles. The van der Waals surface area contributed by atoms with E-state index >= 15 is 0 Å². The molecule has 3 heteroatoms. The molecular formula is C10H14N2O. The molecule has 0 aromatic carbocycles. The normalized spacial score (nSPS) is 17.0. The van der Waals surface area contributed by atoms with Crippen LogP contribution in [0.15, 0.2) is 10.9 Å². The maximum absolute atomic E-state index is 11.1. The number of aryl methyl sites for hydroxylation is 1. The Labute approximate surface area is 77.2 Å². The first-order valence-electron chi connectivity index (χ1n) is 4.81. The number of hydrogen-bond donors (Lipinski definition) is 1. The predicted octanol–water partition coefficient (Wildman–Crippen LogP) is 1.42. The summed E-state index contributed by atoms with van der Waals surface area (Å²) in [6, 6.07) is 1.53. The summed E-state index contributed by atoms with van der Waals surface area (Å²) in [6.07, 6.45) is 4.85. The lowest BCUT2D eigenvalue weighted by atomic mass is 9.83. The first-order chi connectivity index (χ1) is 6.24. The van der Waals surface area contributed by atoms with Gasteiger partial charge in [-0.1, -0.05) is 19.3 Å². The maximum Gasteiger partial charge on any atom is 0.251 e. The number of H-pyrrole nitrogens is 1. The Morgan fingerprint density at radius 1 is 1.62 bits per heavy atom. The fourth-order valence-electron chi connectivity index (χ4n) is 1.71. The Hall–Kier alpha value is -1.12. The van der Waals surface area contributed by atoms with Gasteiger partial charge in [0.25, 0.3) is 5.56 Å². The SMILES string of the molecule is Cc1cc(=O)[nH]c(CC2CCC2)n1. The van der Waals surface area contributed by atoms with Crippen LogP contribution in [-0.2, 0) is 6.42 Å². The van der Waals surface area contributed by atoms with Crippen LogP contribution in [0.3, 0.4) is 0 Å². The molecule has 1 aromatic heterocycles. The third-order valence-electron chi connectivity index (χ3n) is 2.63. The van der Waals surface area contributed by atoms with Crippen molar-refractivity contribution in [3.63, 3.8) is 0 Å². The monoisotopic (exact) mass is 178 g/mol. The van der Waals surface area contributed by atoms with Crippen molar-refractivity contribution < 1.29 is 0 Å². The first-order valence-corrected chi connectivity index (χ1v) is 4.81. The molecule has 0 unspecified atom stereocenters. The zero-order valence-electron chi connectivity index (χ0n) is 7.84. The summed E-state index contributed by atoms with van der Waals surface area (Å²) in [5.41, 5.74) is 0.792. The van der Waals surface area contributed by atoms with Crippen LogP contribution in [0, 0.1) is 12.8 Å². The second-order valence-corrected chi connectivity index (χ2v) is 3.83. The second-order valence-electron chi connectivity index (χ2n) is 3.83. The van der Waals surface area contributed by atoms with E-state index in [1.54, 1.807) is 0 Å². The largest absolute Gasteiger partial charge is 0.311 e. The van der Waals surface area contributed by atoms with Crippen molar-refractivity contribution in [2.75, 3.05) is 0 Å². The number of nitrogens with one attached hydrogen (secondary N) is 1. The summed E-state index contributed by atoms with van der Waals surface area (Å²) in [5, 5.41) is 0. The van der Waals surface area contributed by atoms with Gasteiger partial charge in [0.15, 0.2) is 0 Å². The summed E-state index contributed by atoms with van der Waals surface area (Å²) < 4.78 is 0. The fourth-order valence-corrected chi connectivity index (χ4v) is 1.71. The minimum Gasteiger partial charge on any atom is -0.311 e. The Bertz CT molecular complexity index is 352. The van der Waals surface area contributed by atoms with Gasteiger partial charge in [-0.2, -0.15) is 0 Å². The van der Waals surface area contributed by atoms with E-state index in [4.69, 9.17) is 0 Å². The van der Waals surface area contributed by atoms with E-state index in [0.29, 0.717) is 0 Å². The van der Waals surface area contributed by atoms with Gasteiger partial charge in [-0.05, 0) is 12.8 Å². The molecule has 0 saturated heterocycles. The summed E-state index contributed by atoms with van der Waals surface area (Å²) in [6.45, 7) is 1.86. The molecular weight excluding hydrogens is 164 g/mol. The average molecular weight is 178 g/mol. The maximum atomic E-state index is 11.1. The molecule has 1 fully saturated rings. The Morgan fingerprint density at radius 3 is 2.92 bits per heavy atom. The van der Waals surface area contributed by atoms with E-state index in [1.807, 2.05) is 6.92 Å². The van der Waals surface area contributed by atoms with Gasteiger partial charge < -0.3 is 4.98 Å². The van der Waals surface area contributed by atoms with Gasteiger partial charge >= 0.3 is 0 Å². The molecule has 1 saturated carbocycles. The Kier molecular flexibility index (Phi) is 2.17. The molecule has 1 N–H and O–H groups in total. The standard InChI is InChI=1S/C10H14N2O/c1-7-5-10(13)12-9(11-7)6-8-3-2-4-8/h5,8H,2-4,6H2,1H3,(H,11,12,13). The molecule has 0 atom stereocenters. The van der Waals surface area contributed by atoms with E-state index in [0.717, 1.165) is 23.9 Å². The van der Waals surface area contributed by atoms with Crippen molar-refractivity contribution in [1.29, 1.82) is 0 Å². The minimum absolute atomic E-state index is 0.0261. The van der Waals surface area contributed by atoms with Gasteiger partial charge in [-0.3, -0.25) is 4.79 Å². The van der Waals surface area contributed by atoms with Crippen LogP contribution in [0.2, 0.25) is 0 Å². The third-order valence-corrected chi connectivity index (χ3v) is 2.63. The van der Waals surface area contributed by atoms with E-state index in [2.05, 4.69) is 9.97 Å². The molecule has 1 aromatic rings. The number of aromatic nitrogens is 2. The molecule has 3 nitrogen and oxygen atoms in total. The molecule has 1 aliphatic rings. The van der Waals surface area contributed by atoms with Crippen molar-refractivity contribution in [3.05, 3.63) is 27.9 Å². The van der Waals surface area contributed by atoms with Gasteiger partial charge in [-0.15, -0.1) is 0 Å².